The van der Waals surface area contributed by atoms with Gasteiger partial charge in [-0.15, -0.1) is 0 Å². The quantitative estimate of drug-likeness (QED) is 0.934. The van der Waals surface area contributed by atoms with Gasteiger partial charge >= 0.3 is 0 Å². The summed E-state index contributed by atoms with van der Waals surface area (Å²) < 4.78 is 6.18. The summed E-state index contributed by atoms with van der Waals surface area (Å²) >= 11 is 0. The predicted molar refractivity (Wildman–Crippen MR) is 99.7 cm³/mol. The number of benzene rings is 2. The Morgan fingerprint density at radius 3 is 2.32 bits per heavy atom. The molecule has 3 atom stereocenters. The normalized spacial score (nSPS) is 29.5. The Morgan fingerprint density at radius 1 is 0.840 bits per heavy atom. The molecule has 2 saturated heterocycles. The van der Waals surface area contributed by atoms with E-state index in [4.69, 9.17) is 4.74 Å². The first kappa shape index (κ1) is 15.6. The van der Waals surface area contributed by atoms with E-state index in [2.05, 4.69) is 64.8 Å². The number of nitrogens with zero attached hydrogens (tertiary/aromatic N) is 1. The van der Waals surface area contributed by atoms with Crippen LogP contribution < -0.4 is 5.32 Å². The molecule has 0 amide bonds. The van der Waals surface area contributed by atoms with Gasteiger partial charge in [-0.1, -0.05) is 54.6 Å². The van der Waals surface area contributed by atoms with E-state index < -0.39 is 0 Å². The first-order valence-electron chi connectivity index (χ1n) is 9.58. The van der Waals surface area contributed by atoms with Crippen molar-refractivity contribution in [2.45, 2.75) is 43.5 Å². The Balaban J connectivity index is 1.19. The van der Waals surface area contributed by atoms with Crippen LogP contribution in [0.3, 0.4) is 0 Å². The highest BCUT2D eigenvalue weighted by molar-refractivity contribution is 5.33. The van der Waals surface area contributed by atoms with E-state index in [9.17, 15) is 0 Å². The summed E-state index contributed by atoms with van der Waals surface area (Å²) in [5, 5.41) is 3.94. The van der Waals surface area contributed by atoms with Gasteiger partial charge in [0.15, 0.2) is 0 Å². The van der Waals surface area contributed by atoms with E-state index in [1.54, 1.807) is 0 Å². The third-order valence-electron chi connectivity index (χ3n) is 6.11. The molecule has 0 spiro atoms. The molecular weight excluding hydrogens is 308 g/mol. The van der Waals surface area contributed by atoms with Gasteiger partial charge in [0.25, 0.3) is 0 Å². The van der Waals surface area contributed by atoms with Crippen LogP contribution in [0.2, 0.25) is 0 Å². The van der Waals surface area contributed by atoms with E-state index in [1.165, 1.54) is 36.0 Å². The maximum atomic E-state index is 6.18. The average molecular weight is 334 g/mol. The van der Waals surface area contributed by atoms with Crippen molar-refractivity contribution in [3.63, 3.8) is 0 Å². The van der Waals surface area contributed by atoms with E-state index >= 15 is 0 Å². The lowest BCUT2D eigenvalue weighted by Gasteiger charge is -2.35. The van der Waals surface area contributed by atoms with Crippen molar-refractivity contribution in [1.29, 1.82) is 0 Å². The molecule has 1 N–H and O–H groups in total. The molecule has 0 saturated carbocycles. The second-order valence-corrected chi connectivity index (χ2v) is 7.81. The second kappa shape index (κ2) is 6.56. The molecule has 3 aliphatic rings. The van der Waals surface area contributed by atoms with E-state index in [0.29, 0.717) is 18.1 Å². The summed E-state index contributed by atoms with van der Waals surface area (Å²) in [5.41, 5.74) is 4.37. The molecule has 2 heterocycles. The summed E-state index contributed by atoms with van der Waals surface area (Å²) in [7, 11) is 0. The zero-order chi connectivity index (χ0) is 16.6. The lowest BCUT2D eigenvalue weighted by Crippen LogP contribution is -2.43. The number of fused-ring (bicyclic) bond motifs is 2. The van der Waals surface area contributed by atoms with E-state index in [-0.39, 0.29) is 6.10 Å². The predicted octanol–water partition coefficient (Wildman–Crippen LogP) is 2.96. The molecule has 0 bridgehead atoms. The van der Waals surface area contributed by atoms with Crippen molar-refractivity contribution in [2.24, 2.45) is 0 Å². The van der Waals surface area contributed by atoms with Crippen LogP contribution in [0.15, 0.2) is 54.6 Å². The third-order valence-corrected chi connectivity index (χ3v) is 6.11. The van der Waals surface area contributed by atoms with Crippen LogP contribution in [0.1, 0.15) is 29.2 Å². The molecule has 5 rings (SSSR count). The number of hydrogen-bond acceptors (Lipinski definition) is 3. The molecule has 1 aliphatic carbocycles. The summed E-state index contributed by atoms with van der Waals surface area (Å²) in [4.78, 5) is 2.64. The fraction of sp³-hybridized carbons (Fsp3) is 0.455. The lowest BCUT2D eigenvalue weighted by atomic mass is 10.1. The van der Waals surface area contributed by atoms with Gasteiger partial charge in [-0.3, -0.25) is 4.90 Å². The number of morpholine rings is 1. The van der Waals surface area contributed by atoms with Gasteiger partial charge in [-0.2, -0.15) is 0 Å². The molecule has 2 aromatic rings. The Labute approximate surface area is 150 Å². The van der Waals surface area contributed by atoms with Crippen molar-refractivity contribution in [3.05, 3.63) is 71.3 Å². The van der Waals surface area contributed by atoms with Crippen LogP contribution in [-0.4, -0.2) is 42.7 Å². The smallest absolute Gasteiger partial charge is 0.0952 e. The van der Waals surface area contributed by atoms with E-state index in [1.807, 2.05) is 0 Å². The fourth-order valence-corrected chi connectivity index (χ4v) is 4.87. The molecule has 0 aromatic heterocycles. The highest BCUT2D eigenvalue weighted by Gasteiger charge is 2.38. The summed E-state index contributed by atoms with van der Waals surface area (Å²) in [6, 6.07) is 21.4. The third kappa shape index (κ3) is 3.12. The molecule has 3 nitrogen and oxygen atoms in total. The number of hydrogen-bond donors (Lipinski definition) is 1. The molecule has 2 aromatic carbocycles. The Kier molecular flexibility index (Phi) is 4.09. The zero-order valence-electron chi connectivity index (χ0n) is 14.6. The Bertz CT molecular complexity index is 707. The summed E-state index contributed by atoms with van der Waals surface area (Å²) in [6.45, 7) is 3.05. The van der Waals surface area contributed by atoms with Crippen molar-refractivity contribution in [3.8, 4) is 0 Å². The van der Waals surface area contributed by atoms with Crippen LogP contribution in [-0.2, 0) is 17.6 Å². The molecule has 0 unspecified atom stereocenters. The van der Waals surface area contributed by atoms with Gasteiger partial charge in [-0.25, -0.2) is 0 Å². The lowest BCUT2D eigenvalue weighted by molar-refractivity contribution is -0.0502. The highest BCUT2D eigenvalue weighted by Crippen LogP contribution is 2.31. The average Bonchev–Trinajstić information content (AvgIpc) is 3.24. The number of ether oxygens (including phenoxy) is 1. The standard InChI is InChI=1S/C22H26N2O/c1-2-6-16(7-3-1)22-14-24-13-20(12-21(24)15-25-22)23-19-10-17-8-4-5-9-18(17)11-19/h1-9,19-23H,10-15H2/t20-,21+,22-/m1/s1. The number of nitrogens with one attached hydrogen (secondary N) is 1. The SMILES string of the molecule is c1ccc([C@H]2CN3C[C@H](NC4Cc5ccccc5C4)C[C@H]3CO2)cc1. The van der Waals surface area contributed by atoms with E-state index in [0.717, 1.165) is 19.7 Å². The van der Waals surface area contributed by atoms with Crippen LogP contribution >= 0.6 is 0 Å². The first-order chi connectivity index (χ1) is 12.3. The number of rotatable bonds is 3. The summed E-state index contributed by atoms with van der Waals surface area (Å²) in [6.07, 6.45) is 3.81. The fourth-order valence-electron chi connectivity index (χ4n) is 4.87. The molecule has 2 fully saturated rings. The molecule has 130 valence electrons. The summed E-state index contributed by atoms with van der Waals surface area (Å²) in [5.74, 6) is 0. The Hall–Kier alpha value is -1.68. The van der Waals surface area contributed by atoms with Gasteiger partial charge in [-0.05, 0) is 36.0 Å². The maximum Gasteiger partial charge on any atom is 0.0952 e. The van der Waals surface area contributed by atoms with Gasteiger partial charge in [0.2, 0.25) is 0 Å². The van der Waals surface area contributed by atoms with Gasteiger partial charge in [0.1, 0.15) is 0 Å². The van der Waals surface area contributed by atoms with Crippen LogP contribution in [0, 0.1) is 0 Å². The van der Waals surface area contributed by atoms with Crippen molar-refractivity contribution in [1.82, 2.24) is 10.2 Å². The van der Waals surface area contributed by atoms with Crippen molar-refractivity contribution >= 4 is 0 Å². The van der Waals surface area contributed by atoms with Crippen molar-refractivity contribution < 1.29 is 4.74 Å². The minimum atomic E-state index is 0.229. The van der Waals surface area contributed by atoms with Gasteiger partial charge in [0.05, 0.1) is 12.7 Å². The second-order valence-electron chi connectivity index (χ2n) is 7.81. The van der Waals surface area contributed by atoms with Crippen molar-refractivity contribution in [2.75, 3.05) is 19.7 Å². The minimum absolute atomic E-state index is 0.229. The first-order valence-corrected chi connectivity index (χ1v) is 9.58. The van der Waals surface area contributed by atoms with Crippen LogP contribution in [0.4, 0.5) is 0 Å². The van der Waals surface area contributed by atoms with Crippen LogP contribution in [0.25, 0.3) is 0 Å². The largest absolute Gasteiger partial charge is 0.371 e. The van der Waals surface area contributed by atoms with Gasteiger partial charge in [0, 0.05) is 31.2 Å². The zero-order valence-corrected chi connectivity index (χ0v) is 14.6. The molecule has 3 heteroatoms. The molecular formula is C22H26N2O. The monoisotopic (exact) mass is 334 g/mol. The highest BCUT2D eigenvalue weighted by atomic mass is 16.5. The Morgan fingerprint density at radius 2 is 1.56 bits per heavy atom. The van der Waals surface area contributed by atoms with Crippen LogP contribution in [0.5, 0.6) is 0 Å². The molecule has 25 heavy (non-hydrogen) atoms. The topological polar surface area (TPSA) is 24.5 Å². The minimum Gasteiger partial charge on any atom is -0.371 e. The maximum absolute atomic E-state index is 6.18. The molecule has 2 aliphatic heterocycles. The van der Waals surface area contributed by atoms with Gasteiger partial charge < -0.3 is 10.1 Å². The molecule has 0 radical (unpaired) electrons.